The zero-order valence-electron chi connectivity index (χ0n) is 11.1. The van der Waals surface area contributed by atoms with Crippen molar-refractivity contribution in [3.63, 3.8) is 0 Å². The highest BCUT2D eigenvalue weighted by Gasteiger charge is 2.23. The molecule has 1 aliphatic heterocycles. The molecule has 1 fully saturated rings. The molecule has 3 nitrogen and oxygen atoms in total. The SMILES string of the molecule is CCCC(=O)N1CCC(c2cccc(N)c2)CC1. The van der Waals surface area contributed by atoms with Crippen LogP contribution < -0.4 is 5.73 Å². The molecule has 1 aliphatic rings. The maximum Gasteiger partial charge on any atom is 0.222 e. The van der Waals surface area contributed by atoms with Crippen LogP contribution in [0.4, 0.5) is 5.69 Å². The summed E-state index contributed by atoms with van der Waals surface area (Å²) in [4.78, 5) is 13.8. The fraction of sp³-hybridized carbons (Fsp3) is 0.533. The van der Waals surface area contributed by atoms with E-state index in [1.807, 2.05) is 17.0 Å². The van der Waals surface area contributed by atoms with Crippen LogP contribution in [0.2, 0.25) is 0 Å². The van der Waals surface area contributed by atoms with Crippen molar-refractivity contribution >= 4 is 11.6 Å². The van der Waals surface area contributed by atoms with E-state index in [0.29, 0.717) is 18.2 Å². The Morgan fingerprint density at radius 1 is 1.39 bits per heavy atom. The van der Waals surface area contributed by atoms with Gasteiger partial charge in [-0.1, -0.05) is 19.1 Å². The number of carbonyl (C=O) groups excluding carboxylic acids is 1. The average Bonchev–Trinajstić information content (AvgIpc) is 2.39. The third-order valence-electron chi connectivity index (χ3n) is 3.69. The minimum Gasteiger partial charge on any atom is -0.399 e. The van der Waals surface area contributed by atoms with Crippen LogP contribution in [0.25, 0.3) is 0 Å². The van der Waals surface area contributed by atoms with Gasteiger partial charge in [0.15, 0.2) is 0 Å². The summed E-state index contributed by atoms with van der Waals surface area (Å²) in [6.07, 6.45) is 3.73. The van der Waals surface area contributed by atoms with Gasteiger partial charge in [-0.2, -0.15) is 0 Å². The lowest BCUT2D eigenvalue weighted by molar-refractivity contribution is -0.132. The Kier molecular flexibility index (Phi) is 4.24. The maximum atomic E-state index is 11.8. The lowest BCUT2D eigenvalue weighted by Gasteiger charge is -2.32. The molecule has 98 valence electrons. The first-order valence-corrected chi connectivity index (χ1v) is 6.84. The van der Waals surface area contributed by atoms with Crippen LogP contribution in [0.3, 0.4) is 0 Å². The number of anilines is 1. The summed E-state index contributed by atoms with van der Waals surface area (Å²) < 4.78 is 0. The average molecular weight is 246 g/mol. The van der Waals surface area contributed by atoms with E-state index in [9.17, 15) is 4.79 Å². The van der Waals surface area contributed by atoms with Crippen LogP contribution in [-0.2, 0) is 4.79 Å². The van der Waals surface area contributed by atoms with E-state index in [0.717, 1.165) is 38.0 Å². The molecular formula is C15H22N2O. The molecule has 0 unspecified atom stereocenters. The lowest BCUT2D eigenvalue weighted by Crippen LogP contribution is -2.37. The third kappa shape index (κ3) is 3.03. The van der Waals surface area contributed by atoms with Gasteiger partial charge in [-0.05, 0) is 42.9 Å². The molecule has 1 aromatic carbocycles. The summed E-state index contributed by atoms with van der Waals surface area (Å²) in [5.41, 5.74) is 7.96. The number of nitrogen functional groups attached to an aromatic ring is 1. The zero-order chi connectivity index (χ0) is 13.0. The van der Waals surface area contributed by atoms with E-state index in [4.69, 9.17) is 5.73 Å². The smallest absolute Gasteiger partial charge is 0.222 e. The Balaban J connectivity index is 1.92. The first kappa shape index (κ1) is 12.9. The van der Waals surface area contributed by atoms with Crippen LogP contribution in [0.1, 0.15) is 44.1 Å². The normalized spacial score (nSPS) is 16.8. The molecule has 2 N–H and O–H groups in total. The number of nitrogens with two attached hydrogens (primary N) is 1. The fourth-order valence-electron chi connectivity index (χ4n) is 2.65. The summed E-state index contributed by atoms with van der Waals surface area (Å²) in [5, 5.41) is 0. The Morgan fingerprint density at radius 3 is 2.72 bits per heavy atom. The Hall–Kier alpha value is -1.51. The van der Waals surface area contributed by atoms with Gasteiger partial charge >= 0.3 is 0 Å². The molecule has 1 saturated heterocycles. The second-order valence-electron chi connectivity index (χ2n) is 5.08. The van der Waals surface area contributed by atoms with Crippen LogP contribution >= 0.6 is 0 Å². The van der Waals surface area contributed by atoms with Crippen molar-refractivity contribution in [2.24, 2.45) is 0 Å². The monoisotopic (exact) mass is 246 g/mol. The molecule has 18 heavy (non-hydrogen) atoms. The zero-order valence-corrected chi connectivity index (χ0v) is 11.1. The fourth-order valence-corrected chi connectivity index (χ4v) is 2.65. The van der Waals surface area contributed by atoms with Crippen molar-refractivity contribution in [1.82, 2.24) is 4.90 Å². The van der Waals surface area contributed by atoms with Gasteiger partial charge in [0.25, 0.3) is 0 Å². The number of nitrogens with zero attached hydrogens (tertiary/aromatic N) is 1. The highest BCUT2D eigenvalue weighted by atomic mass is 16.2. The minimum atomic E-state index is 0.309. The van der Waals surface area contributed by atoms with Gasteiger partial charge < -0.3 is 10.6 Å². The lowest BCUT2D eigenvalue weighted by atomic mass is 9.89. The van der Waals surface area contributed by atoms with Gasteiger partial charge in [0.05, 0.1) is 0 Å². The number of carbonyl (C=O) groups is 1. The Labute approximate surface area is 109 Å². The first-order valence-electron chi connectivity index (χ1n) is 6.84. The molecule has 1 amide bonds. The highest BCUT2D eigenvalue weighted by molar-refractivity contribution is 5.76. The quantitative estimate of drug-likeness (QED) is 0.834. The molecule has 0 radical (unpaired) electrons. The summed E-state index contributed by atoms with van der Waals surface area (Å²) in [6.45, 7) is 3.83. The molecule has 1 heterocycles. The van der Waals surface area contributed by atoms with E-state index < -0.39 is 0 Å². The number of rotatable bonds is 3. The predicted molar refractivity (Wildman–Crippen MR) is 74.3 cm³/mol. The van der Waals surface area contributed by atoms with Crippen molar-refractivity contribution in [1.29, 1.82) is 0 Å². The minimum absolute atomic E-state index is 0.309. The molecular weight excluding hydrogens is 224 g/mol. The molecule has 0 bridgehead atoms. The number of piperidine rings is 1. The molecule has 0 aromatic heterocycles. The summed E-state index contributed by atoms with van der Waals surface area (Å²) >= 11 is 0. The largest absolute Gasteiger partial charge is 0.399 e. The molecule has 0 aliphatic carbocycles. The van der Waals surface area contributed by atoms with Gasteiger partial charge in [0.2, 0.25) is 5.91 Å². The topological polar surface area (TPSA) is 46.3 Å². The standard InChI is InChI=1S/C15H22N2O/c1-2-4-15(18)17-9-7-12(8-10-17)13-5-3-6-14(16)11-13/h3,5-6,11-12H,2,4,7-10,16H2,1H3. The number of hydrogen-bond donors (Lipinski definition) is 1. The summed E-state index contributed by atoms with van der Waals surface area (Å²) in [7, 11) is 0. The van der Waals surface area contributed by atoms with Crippen LogP contribution in [0, 0.1) is 0 Å². The number of amides is 1. The molecule has 2 rings (SSSR count). The molecule has 0 atom stereocenters. The van der Waals surface area contributed by atoms with E-state index >= 15 is 0 Å². The van der Waals surface area contributed by atoms with Crippen LogP contribution in [0.15, 0.2) is 24.3 Å². The van der Waals surface area contributed by atoms with Crippen molar-refractivity contribution in [3.8, 4) is 0 Å². The van der Waals surface area contributed by atoms with Crippen LogP contribution in [-0.4, -0.2) is 23.9 Å². The van der Waals surface area contributed by atoms with Gasteiger partial charge in [0, 0.05) is 25.2 Å². The third-order valence-corrected chi connectivity index (χ3v) is 3.69. The predicted octanol–water partition coefficient (Wildman–Crippen LogP) is 2.77. The number of hydrogen-bond acceptors (Lipinski definition) is 2. The molecule has 1 aromatic rings. The summed E-state index contributed by atoms with van der Waals surface area (Å²) in [6, 6.07) is 8.14. The second-order valence-corrected chi connectivity index (χ2v) is 5.08. The molecule has 0 saturated carbocycles. The van der Waals surface area contributed by atoms with Gasteiger partial charge in [-0.3, -0.25) is 4.79 Å². The van der Waals surface area contributed by atoms with E-state index in [-0.39, 0.29) is 0 Å². The van der Waals surface area contributed by atoms with Gasteiger partial charge in [-0.15, -0.1) is 0 Å². The van der Waals surface area contributed by atoms with Crippen molar-refractivity contribution in [2.45, 2.75) is 38.5 Å². The molecule has 0 spiro atoms. The van der Waals surface area contributed by atoms with E-state index in [1.165, 1.54) is 5.56 Å². The molecule has 3 heteroatoms. The second kappa shape index (κ2) is 5.89. The van der Waals surface area contributed by atoms with Gasteiger partial charge in [0.1, 0.15) is 0 Å². The van der Waals surface area contributed by atoms with Crippen LogP contribution in [0.5, 0.6) is 0 Å². The summed E-state index contributed by atoms with van der Waals surface area (Å²) in [5.74, 6) is 0.864. The number of likely N-dealkylation sites (tertiary alicyclic amines) is 1. The van der Waals surface area contributed by atoms with E-state index in [2.05, 4.69) is 19.1 Å². The number of benzene rings is 1. The highest BCUT2D eigenvalue weighted by Crippen LogP contribution is 2.29. The van der Waals surface area contributed by atoms with E-state index in [1.54, 1.807) is 0 Å². The Morgan fingerprint density at radius 2 is 2.11 bits per heavy atom. The van der Waals surface area contributed by atoms with Gasteiger partial charge in [-0.25, -0.2) is 0 Å². The van der Waals surface area contributed by atoms with Crippen molar-refractivity contribution in [2.75, 3.05) is 18.8 Å². The van der Waals surface area contributed by atoms with Crippen molar-refractivity contribution in [3.05, 3.63) is 29.8 Å². The first-order chi connectivity index (χ1) is 8.70. The van der Waals surface area contributed by atoms with Crippen molar-refractivity contribution < 1.29 is 4.79 Å². The maximum absolute atomic E-state index is 11.8. The Bertz CT molecular complexity index is 409.